The van der Waals surface area contributed by atoms with Crippen molar-refractivity contribution < 1.29 is 9.53 Å². The summed E-state index contributed by atoms with van der Waals surface area (Å²) in [6, 6.07) is -0.140. The predicted molar refractivity (Wildman–Crippen MR) is 80.7 cm³/mol. The molecule has 2 rings (SSSR count). The van der Waals surface area contributed by atoms with Crippen molar-refractivity contribution in [3.63, 3.8) is 0 Å². The Morgan fingerprint density at radius 1 is 1.48 bits per heavy atom. The van der Waals surface area contributed by atoms with Gasteiger partial charge in [-0.3, -0.25) is 4.68 Å². The van der Waals surface area contributed by atoms with Crippen LogP contribution in [0.25, 0.3) is 0 Å². The molecular formula is C15H26N4O2. The Kier molecular flexibility index (Phi) is 4.88. The van der Waals surface area contributed by atoms with Crippen molar-refractivity contribution in [2.24, 2.45) is 18.4 Å². The zero-order valence-corrected chi connectivity index (χ0v) is 13.3. The molecule has 1 aliphatic heterocycles. The highest BCUT2D eigenvalue weighted by atomic mass is 16.5. The molecular weight excluding hydrogens is 268 g/mol. The Balaban J connectivity index is 1.73. The first-order valence-corrected chi connectivity index (χ1v) is 7.47. The zero-order valence-electron chi connectivity index (χ0n) is 13.3. The molecule has 1 aliphatic rings. The monoisotopic (exact) mass is 294 g/mol. The first-order chi connectivity index (χ1) is 9.86. The topological polar surface area (TPSA) is 68.2 Å². The second-order valence-corrected chi connectivity index (χ2v) is 6.79. The molecule has 0 aliphatic carbocycles. The van der Waals surface area contributed by atoms with Crippen molar-refractivity contribution in [1.29, 1.82) is 0 Å². The Morgan fingerprint density at radius 3 is 2.86 bits per heavy atom. The van der Waals surface area contributed by atoms with Crippen molar-refractivity contribution in [1.82, 2.24) is 20.4 Å². The normalized spacial score (nSPS) is 22.3. The summed E-state index contributed by atoms with van der Waals surface area (Å²) in [6.07, 6.45) is 4.85. The van der Waals surface area contributed by atoms with E-state index in [1.165, 1.54) is 0 Å². The second-order valence-electron chi connectivity index (χ2n) is 6.79. The lowest BCUT2D eigenvalue weighted by Crippen LogP contribution is -2.42. The van der Waals surface area contributed by atoms with Crippen molar-refractivity contribution in [3.05, 3.63) is 18.0 Å². The van der Waals surface area contributed by atoms with E-state index >= 15 is 0 Å². The number of aromatic nitrogens is 2. The number of urea groups is 1. The van der Waals surface area contributed by atoms with Crippen LogP contribution in [-0.2, 0) is 18.3 Å². The summed E-state index contributed by atoms with van der Waals surface area (Å²) in [4.78, 5) is 11.8. The third-order valence-electron chi connectivity index (χ3n) is 3.80. The molecule has 1 aromatic heterocycles. The summed E-state index contributed by atoms with van der Waals surface area (Å²) in [5.74, 6) is 0.383. The minimum absolute atomic E-state index is 0.106. The number of nitrogens with zero attached hydrogens (tertiary/aromatic N) is 2. The first kappa shape index (κ1) is 15.8. The third-order valence-corrected chi connectivity index (χ3v) is 3.80. The number of carbonyl (C=O) groups is 1. The lowest BCUT2D eigenvalue weighted by molar-refractivity contribution is 0.00775. The van der Waals surface area contributed by atoms with Crippen LogP contribution < -0.4 is 10.6 Å². The van der Waals surface area contributed by atoms with E-state index in [2.05, 4.69) is 36.5 Å². The van der Waals surface area contributed by atoms with Crippen LogP contribution in [0.5, 0.6) is 0 Å². The Hall–Kier alpha value is -1.56. The maximum Gasteiger partial charge on any atom is 0.315 e. The van der Waals surface area contributed by atoms with Crippen LogP contribution in [0.1, 0.15) is 32.8 Å². The quantitative estimate of drug-likeness (QED) is 0.887. The van der Waals surface area contributed by atoms with Gasteiger partial charge in [0.2, 0.25) is 0 Å². The van der Waals surface area contributed by atoms with Gasteiger partial charge in [-0.25, -0.2) is 4.79 Å². The predicted octanol–water partition coefficient (Wildman–Crippen LogP) is 1.67. The van der Waals surface area contributed by atoms with Gasteiger partial charge in [-0.1, -0.05) is 20.8 Å². The van der Waals surface area contributed by atoms with Gasteiger partial charge in [-0.2, -0.15) is 5.10 Å². The molecule has 6 heteroatoms. The number of nitrogens with one attached hydrogen (secondary N) is 2. The number of carbonyl (C=O) groups excluding carboxylic acids is 1. The Labute approximate surface area is 126 Å². The maximum absolute atomic E-state index is 11.8. The highest BCUT2D eigenvalue weighted by molar-refractivity contribution is 5.73. The first-order valence-electron chi connectivity index (χ1n) is 7.47. The summed E-state index contributed by atoms with van der Waals surface area (Å²) in [7, 11) is 1.86. The van der Waals surface area contributed by atoms with Crippen LogP contribution >= 0.6 is 0 Å². The van der Waals surface area contributed by atoms with Gasteiger partial charge in [0, 0.05) is 44.4 Å². The van der Waals surface area contributed by atoms with Crippen molar-refractivity contribution >= 4 is 6.03 Å². The van der Waals surface area contributed by atoms with Crippen molar-refractivity contribution in [2.75, 3.05) is 13.2 Å². The molecule has 2 heterocycles. The fourth-order valence-corrected chi connectivity index (χ4v) is 2.83. The lowest BCUT2D eigenvalue weighted by Gasteiger charge is -2.31. The molecule has 2 amide bonds. The molecule has 0 aromatic carbocycles. The molecule has 0 unspecified atom stereocenters. The minimum atomic E-state index is -0.140. The minimum Gasteiger partial charge on any atom is -0.377 e. The van der Waals surface area contributed by atoms with E-state index in [9.17, 15) is 4.79 Å². The van der Waals surface area contributed by atoms with E-state index < -0.39 is 0 Å². The molecule has 1 aromatic rings. The molecule has 1 saturated heterocycles. The summed E-state index contributed by atoms with van der Waals surface area (Å²) in [5.41, 5.74) is 1.10. The van der Waals surface area contributed by atoms with Gasteiger partial charge in [0.15, 0.2) is 0 Å². The molecule has 0 bridgehead atoms. The van der Waals surface area contributed by atoms with Crippen molar-refractivity contribution in [3.8, 4) is 0 Å². The molecule has 0 radical (unpaired) electrons. The van der Waals surface area contributed by atoms with Gasteiger partial charge < -0.3 is 15.4 Å². The van der Waals surface area contributed by atoms with Gasteiger partial charge >= 0.3 is 6.03 Å². The largest absolute Gasteiger partial charge is 0.377 e. The van der Waals surface area contributed by atoms with E-state index in [0.717, 1.165) is 18.6 Å². The number of ether oxygens (including phenoxy) is 1. The van der Waals surface area contributed by atoms with Crippen LogP contribution in [0.2, 0.25) is 0 Å². The molecule has 0 spiro atoms. The van der Waals surface area contributed by atoms with E-state index in [-0.39, 0.29) is 17.6 Å². The van der Waals surface area contributed by atoms with Crippen LogP contribution in [0.15, 0.2) is 12.4 Å². The molecule has 118 valence electrons. The smallest absolute Gasteiger partial charge is 0.315 e. The summed E-state index contributed by atoms with van der Waals surface area (Å²) >= 11 is 0. The van der Waals surface area contributed by atoms with Crippen molar-refractivity contribution in [2.45, 2.75) is 39.8 Å². The molecule has 1 fully saturated rings. The Bertz CT molecular complexity index is 478. The molecule has 2 N–H and O–H groups in total. The third kappa shape index (κ3) is 4.46. The van der Waals surface area contributed by atoms with Gasteiger partial charge in [-0.05, 0) is 11.8 Å². The van der Waals surface area contributed by atoms with E-state index in [0.29, 0.717) is 19.0 Å². The van der Waals surface area contributed by atoms with Gasteiger partial charge in [0.1, 0.15) is 0 Å². The molecule has 2 atom stereocenters. The van der Waals surface area contributed by atoms with Gasteiger partial charge in [0.25, 0.3) is 0 Å². The Morgan fingerprint density at radius 2 is 2.24 bits per heavy atom. The maximum atomic E-state index is 11.8. The number of aryl methyl sites for hydroxylation is 1. The fourth-order valence-electron chi connectivity index (χ4n) is 2.83. The lowest BCUT2D eigenvalue weighted by atomic mass is 9.81. The SMILES string of the molecule is Cn1cc(CNC(=O)NC[C@H]2CCO[C@@H]2C(C)(C)C)cn1. The van der Waals surface area contributed by atoms with E-state index in [1.807, 2.05) is 13.2 Å². The summed E-state index contributed by atoms with van der Waals surface area (Å²) in [6.45, 7) is 8.46. The van der Waals surface area contributed by atoms with Gasteiger partial charge in [0.05, 0.1) is 12.3 Å². The van der Waals surface area contributed by atoms with Gasteiger partial charge in [-0.15, -0.1) is 0 Å². The molecule has 6 nitrogen and oxygen atoms in total. The highest BCUT2D eigenvalue weighted by Crippen LogP contribution is 2.34. The highest BCUT2D eigenvalue weighted by Gasteiger charge is 2.37. The molecule has 0 saturated carbocycles. The average Bonchev–Trinajstić information content (AvgIpc) is 3.01. The number of amides is 2. The summed E-state index contributed by atoms with van der Waals surface area (Å²) < 4.78 is 7.53. The summed E-state index contributed by atoms with van der Waals surface area (Å²) in [5, 5.41) is 9.86. The number of hydrogen-bond donors (Lipinski definition) is 2. The van der Waals surface area contributed by atoms with Crippen LogP contribution in [0.3, 0.4) is 0 Å². The standard InChI is InChI=1S/C15H26N4O2/c1-15(2,3)13-12(5-6-21-13)9-17-14(20)16-7-11-8-18-19(4)10-11/h8,10,12-13H,5-7,9H2,1-4H3,(H2,16,17,20)/t12-,13+/m1/s1. The second kappa shape index (κ2) is 6.47. The van der Waals surface area contributed by atoms with Crippen LogP contribution in [0.4, 0.5) is 4.79 Å². The zero-order chi connectivity index (χ0) is 15.5. The fraction of sp³-hybridized carbons (Fsp3) is 0.733. The number of rotatable bonds is 4. The molecule has 21 heavy (non-hydrogen) atoms. The average molecular weight is 294 g/mol. The van der Waals surface area contributed by atoms with E-state index in [4.69, 9.17) is 4.74 Å². The van der Waals surface area contributed by atoms with Crippen LogP contribution in [-0.4, -0.2) is 35.1 Å². The van der Waals surface area contributed by atoms with E-state index in [1.54, 1.807) is 10.9 Å². The number of hydrogen-bond acceptors (Lipinski definition) is 3. The van der Waals surface area contributed by atoms with Crippen LogP contribution in [0, 0.1) is 11.3 Å².